The quantitative estimate of drug-likeness (QED) is 0.603. The fraction of sp³-hybridized carbons (Fsp3) is 0.444. The molecule has 2 aromatic rings. The molecule has 2 unspecified atom stereocenters. The molecule has 2 fully saturated rings. The van der Waals surface area contributed by atoms with Crippen LogP contribution in [0.4, 0.5) is 4.79 Å². The Morgan fingerprint density at radius 3 is 2.34 bits per heavy atom. The van der Waals surface area contributed by atoms with Crippen LogP contribution in [-0.2, 0) is 19.1 Å². The van der Waals surface area contributed by atoms with Gasteiger partial charge in [-0.2, -0.15) is 0 Å². The number of carboxylic acids is 1. The molecule has 2 aliphatic heterocycles. The first-order valence-corrected chi connectivity index (χ1v) is 12.2. The Morgan fingerprint density at radius 2 is 1.69 bits per heavy atom. The first-order valence-electron chi connectivity index (χ1n) is 12.2. The highest BCUT2D eigenvalue weighted by Gasteiger charge is 2.42. The maximum Gasteiger partial charge on any atom is 0.407 e. The van der Waals surface area contributed by atoms with Crippen LogP contribution >= 0.6 is 0 Å². The molecule has 1 aliphatic carbocycles. The largest absolute Gasteiger partial charge is 0.481 e. The van der Waals surface area contributed by atoms with Crippen molar-refractivity contribution in [2.75, 3.05) is 26.3 Å². The molecule has 2 saturated heterocycles. The molecule has 3 aliphatic rings. The van der Waals surface area contributed by atoms with Crippen LogP contribution in [0.25, 0.3) is 11.1 Å². The molecule has 8 nitrogen and oxygen atoms in total. The van der Waals surface area contributed by atoms with Crippen LogP contribution in [0.5, 0.6) is 0 Å². The Bertz CT molecular complexity index is 1070. The summed E-state index contributed by atoms with van der Waals surface area (Å²) in [4.78, 5) is 38.0. The number of fused-ring (bicyclic) bond motifs is 3. The van der Waals surface area contributed by atoms with Gasteiger partial charge in [-0.1, -0.05) is 48.5 Å². The fourth-order valence-corrected chi connectivity index (χ4v) is 5.43. The molecule has 2 N–H and O–H groups in total. The van der Waals surface area contributed by atoms with E-state index < -0.39 is 24.2 Å². The van der Waals surface area contributed by atoms with Crippen LogP contribution in [0.1, 0.15) is 42.7 Å². The molecule has 2 aromatic carbocycles. The van der Waals surface area contributed by atoms with Crippen molar-refractivity contribution in [2.45, 2.75) is 43.7 Å². The van der Waals surface area contributed by atoms with Crippen molar-refractivity contribution in [3.05, 3.63) is 59.7 Å². The van der Waals surface area contributed by atoms with E-state index in [1.807, 2.05) is 24.3 Å². The van der Waals surface area contributed by atoms with Gasteiger partial charge in [-0.3, -0.25) is 9.59 Å². The Labute approximate surface area is 204 Å². The Morgan fingerprint density at radius 1 is 1.03 bits per heavy atom. The highest BCUT2D eigenvalue weighted by Crippen LogP contribution is 2.44. The van der Waals surface area contributed by atoms with E-state index in [-0.39, 0.29) is 24.9 Å². The van der Waals surface area contributed by atoms with Crippen molar-refractivity contribution in [3.63, 3.8) is 0 Å². The van der Waals surface area contributed by atoms with Crippen LogP contribution in [-0.4, -0.2) is 66.4 Å². The molecular formula is C27H30N2O6. The van der Waals surface area contributed by atoms with Gasteiger partial charge in [0.2, 0.25) is 0 Å². The minimum Gasteiger partial charge on any atom is -0.481 e. The first kappa shape index (κ1) is 23.4. The zero-order valence-corrected chi connectivity index (χ0v) is 19.5. The topological polar surface area (TPSA) is 105 Å². The minimum absolute atomic E-state index is 0.0236. The van der Waals surface area contributed by atoms with Crippen LogP contribution in [0.2, 0.25) is 0 Å². The molecule has 2 atom stereocenters. The van der Waals surface area contributed by atoms with E-state index in [1.54, 1.807) is 4.90 Å². The van der Waals surface area contributed by atoms with Crippen molar-refractivity contribution < 1.29 is 29.0 Å². The van der Waals surface area contributed by atoms with Gasteiger partial charge >= 0.3 is 12.1 Å². The summed E-state index contributed by atoms with van der Waals surface area (Å²) in [7, 11) is 0. The van der Waals surface area contributed by atoms with Crippen molar-refractivity contribution in [2.24, 2.45) is 5.92 Å². The zero-order valence-electron chi connectivity index (χ0n) is 19.5. The number of ether oxygens (including phenoxy) is 2. The van der Waals surface area contributed by atoms with Gasteiger partial charge in [0.25, 0.3) is 5.91 Å². The molecule has 5 rings (SSSR count). The first-order chi connectivity index (χ1) is 17.0. The predicted octanol–water partition coefficient (Wildman–Crippen LogP) is 3.40. The van der Waals surface area contributed by atoms with Crippen LogP contribution in [0.3, 0.4) is 0 Å². The molecular weight excluding hydrogens is 448 g/mol. The van der Waals surface area contributed by atoms with Crippen LogP contribution < -0.4 is 5.32 Å². The molecule has 35 heavy (non-hydrogen) atoms. The third-order valence-electron chi connectivity index (χ3n) is 7.25. The van der Waals surface area contributed by atoms with Crippen molar-refractivity contribution >= 4 is 18.0 Å². The summed E-state index contributed by atoms with van der Waals surface area (Å²) >= 11 is 0. The Hall–Kier alpha value is -3.39. The summed E-state index contributed by atoms with van der Waals surface area (Å²) < 4.78 is 11.3. The Kier molecular flexibility index (Phi) is 6.72. The summed E-state index contributed by atoms with van der Waals surface area (Å²) in [5.74, 6) is -0.613. The molecule has 2 amide bonds. The van der Waals surface area contributed by atoms with Crippen LogP contribution in [0, 0.1) is 5.92 Å². The van der Waals surface area contributed by atoms with E-state index in [2.05, 4.69) is 29.6 Å². The fourth-order valence-electron chi connectivity index (χ4n) is 5.43. The summed E-state index contributed by atoms with van der Waals surface area (Å²) in [6.45, 7) is 1.84. The summed E-state index contributed by atoms with van der Waals surface area (Å²) in [5.41, 5.74) is 4.63. The summed E-state index contributed by atoms with van der Waals surface area (Å²) in [5, 5.41) is 11.6. The number of carbonyl (C=O) groups is 3. The van der Waals surface area contributed by atoms with Gasteiger partial charge in [-0.05, 0) is 47.4 Å². The number of likely N-dealkylation sites (tertiary alicyclic amines) is 1. The van der Waals surface area contributed by atoms with Crippen molar-refractivity contribution in [1.29, 1.82) is 0 Å². The SMILES string of the molecule is O=C(O)CCCC1CN(C(=O)C2OCCC2NC(=O)OCC2c3ccccc3-c3ccccc32)C1. The number of rotatable bonds is 8. The number of hydrogen-bond donors (Lipinski definition) is 2. The maximum atomic E-state index is 12.9. The van der Waals surface area contributed by atoms with E-state index >= 15 is 0 Å². The van der Waals surface area contributed by atoms with Crippen molar-refractivity contribution in [1.82, 2.24) is 10.2 Å². The average molecular weight is 479 g/mol. The predicted molar refractivity (Wildman–Crippen MR) is 128 cm³/mol. The number of nitrogens with zero attached hydrogens (tertiary/aromatic N) is 1. The molecule has 8 heteroatoms. The summed E-state index contributed by atoms with van der Waals surface area (Å²) in [6, 6.07) is 15.9. The van der Waals surface area contributed by atoms with E-state index in [1.165, 1.54) is 11.1 Å². The average Bonchev–Trinajstić information content (AvgIpc) is 3.41. The molecule has 184 valence electrons. The Balaban J connectivity index is 1.12. The lowest BCUT2D eigenvalue weighted by atomic mass is 9.93. The second-order valence-electron chi connectivity index (χ2n) is 9.55. The van der Waals surface area contributed by atoms with Crippen LogP contribution in [0.15, 0.2) is 48.5 Å². The third kappa shape index (κ3) is 4.89. The van der Waals surface area contributed by atoms with Crippen molar-refractivity contribution in [3.8, 4) is 11.1 Å². The van der Waals surface area contributed by atoms with Gasteiger partial charge in [-0.25, -0.2) is 4.79 Å². The lowest BCUT2D eigenvalue weighted by molar-refractivity contribution is -0.148. The van der Waals surface area contributed by atoms with Gasteiger partial charge in [0.15, 0.2) is 6.10 Å². The number of alkyl carbamates (subject to hydrolysis) is 1. The number of hydrogen-bond acceptors (Lipinski definition) is 5. The molecule has 0 spiro atoms. The zero-order chi connectivity index (χ0) is 24.4. The van der Waals surface area contributed by atoms with E-state index in [9.17, 15) is 14.4 Å². The second-order valence-corrected chi connectivity index (χ2v) is 9.55. The lowest BCUT2D eigenvalue weighted by Crippen LogP contribution is -2.57. The highest BCUT2D eigenvalue weighted by atomic mass is 16.6. The van der Waals surface area contributed by atoms with Gasteiger partial charge in [0.05, 0.1) is 6.04 Å². The standard InChI is InChI=1S/C27H30N2O6/c30-24(31)11-5-6-17-14-29(15-17)26(32)25-23(12-13-34-25)28-27(33)35-16-22-20-9-3-1-7-18(20)19-8-2-4-10-21(19)22/h1-4,7-10,17,22-23,25H,5-6,11-16H2,(H,28,33)(H,30,31). The minimum atomic E-state index is -0.793. The number of aliphatic carboxylic acids is 1. The monoisotopic (exact) mass is 478 g/mol. The highest BCUT2D eigenvalue weighted by molar-refractivity contribution is 5.84. The number of carboxylic acid groups (broad SMARTS) is 1. The number of amides is 2. The molecule has 0 radical (unpaired) electrons. The van der Waals surface area contributed by atoms with Gasteiger partial charge in [0.1, 0.15) is 6.61 Å². The van der Waals surface area contributed by atoms with Gasteiger partial charge in [-0.15, -0.1) is 0 Å². The smallest absolute Gasteiger partial charge is 0.407 e. The number of nitrogens with one attached hydrogen (secondary N) is 1. The molecule has 0 saturated carbocycles. The second kappa shape index (κ2) is 10.1. The number of benzene rings is 2. The number of carbonyl (C=O) groups excluding carboxylic acids is 2. The lowest BCUT2D eigenvalue weighted by Gasteiger charge is -2.41. The normalized spacial score (nSPS) is 21.2. The molecule has 2 heterocycles. The molecule has 0 aromatic heterocycles. The maximum absolute atomic E-state index is 12.9. The van der Waals surface area contributed by atoms with E-state index in [0.29, 0.717) is 38.5 Å². The third-order valence-corrected chi connectivity index (χ3v) is 7.25. The summed E-state index contributed by atoms with van der Waals surface area (Å²) in [6.07, 6.45) is 0.862. The van der Waals surface area contributed by atoms with Gasteiger partial charge in [0, 0.05) is 32.0 Å². The van der Waals surface area contributed by atoms with E-state index in [0.717, 1.165) is 17.5 Å². The van der Waals surface area contributed by atoms with Gasteiger partial charge < -0.3 is 24.8 Å². The molecule has 0 bridgehead atoms. The van der Waals surface area contributed by atoms with E-state index in [4.69, 9.17) is 14.6 Å².